The van der Waals surface area contributed by atoms with Gasteiger partial charge in [0.25, 0.3) is 0 Å². The Kier molecular flexibility index (Phi) is 3.37. The van der Waals surface area contributed by atoms with Gasteiger partial charge in [0.1, 0.15) is 0 Å². The number of methoxy groups -OCH3 is 1. The summed E-state index contributed by atoms with van der Waals surface area (Å²) in [4.78, 5) is 12.6. The molecule has 6 atom stereocenters. The molecule has 3 fully saturated rings. The van der Waals surface area contributed by atoms with Crippen LogP contribution >= 0.6 is 0 Å². The molecule has 2 bridgehead atoms. The molecule has 3 heteroatoms. The second-order valence-electron chi connectivity index (χ2n) is 9.84. The Hall–Kier alpha value is -0.830. The van der Waals surface area contributed by atoms with Gasteiger partial charge in [-0.25, -0.2) is 0 Å². The van der Waals surface area contributed by atoms with Gasteiger partial charge in [0.05, 0.1) is 18.1 Å². The van der Waals surface area contributed by atoms with Crippen LogP contribution in [-0.2, 0) is 9.53 Å². The maximum Gasteiger partial charge on any atom is 0.311 e. The number of aliphatic hydroxyl groups is 1. The zero-order chi connectivity index (χ0) is 17.4. The molecular formula is C21H32O3. The number of carbonyl (C=O) groups is 1. The van der Waals surface area contributed by atoms with Gasteiger partial charge in [-0.05, 0) is 81.5 Å². The fraction of sp³-hybridized carbons (Fsp3) is 0.857. The zero-order valence-corrected chi connectivity index (χ0v) is 15.7. The van der Waals surface area contributed by atoms with Gasteiger partial charge < -0.3 is 9.84 Å². The predicted octanol–water partition coefficient (Wildman–Crippen LogP) is 4.24. The van der Waals surface area contributed by atoms with Crippen LogP contribution in [0, 0.1) is 28.1 Å². The number of ether oxygens (including phenoxy) is 1. The molecule has 0 aromatic heterocycles. The van der Waals surface area contributed by atoms with Crippen molar-refractivity contribution in [1.29, 1.82) is 0 Å². The van der Waals surface area contributed by atoms with E-state index in [0.717, 1.165) is 44.9 Å². The second-order valence-corrected chi connectivity index (χ2v) is 9.84. The Morgan fingerprint density at radius 3 is 2.71 bits per heavy atom. The van der Waals surface area contributed by atoms with Gasteiger partial charge in [0, 0.05) is 0 Å². The Labute approximate surface area is 145 Å². The third-order valence-electron chi connectivity index (χ3n) is 8.50. The maximum atomic E-state index is 12.6. The van der Waals surface area contributed by atoms with Gasteiger partial charge in [-0.2, -0.15) is 0 Å². The van der Waals surface area contributed by atoms with Crippen molar-refractivity contribution < 1.29 is 14.6 Å². The van der Waals surface area contributed by atoms with E-state index < -0.39 is 5.60 Å². The molecular weight excluding hydrogens is 300 g/mol. The molecule has 4 aliphatic rings. The molecule has 1 spiro atoms. The first-order valence-electron chi connectivity index (χ1n) is 9.70. The summed E-state index contributed by atoms with van der Waals surface area (Å²) >= 11 is 0. The fourth-order valence-electron chi connectivity index (χ4n) is 7.51. The predicted molar refractivity (Wildman–Crippen MR) is 93.3 cm³/mol. The normalized spacial score (nSPS) is 53.0. The van der Waals surface area contributed by atoms with E-state index in [1.807, 2.05) is 6.92 Å². The molecule has 4 rings (SSSR count). The molecule has 0 heterocycles. The molecule has 0 saturated heterocycles. The van der Waals surface area contributed by atoms with Crippen molar-refractivity contribution >= 4 is 5.97 Å². The van der Waals surface area contributed by atoms with Crippen LogP contribution in [0.4, 0.5) is 0 Å². The Balaban J connectivity index is 1.76. The van der Waals surface area contributed by atoms with Crippen LogP contribution < -0.4 is 0 Å². The summed E-state index contributed by atoms with van der Waals surface area (Å²) in [5, 5.41) is 10.9. The molecule has 0 unspecified atom stereocenters. The van der Waals surface area contributed by atoms with Gasteiger partial charge in [-0.3, -0.25) is 4.79 Å². The maximum absolute atomic E-state index is 12.6. The number of rotatable bonds is 1. The third kappa shape index (κ3) is 1.91. The summed E-state index contributed by atoms with van der Waals surface area (Å²) in [7, 11) is 1.53. The number of fused-ring (bicyclic) bond motifs is 3. The summed E-state index contributed by atoms with van der Waals surface area (Å²) in [5.74, 6) is 0.754. The van der Waals surface area contributed by atoms with Crippen LogP contribution in [0.15, 0.2) is 11.6 Å². The van der Waals surface area contributed by atoms with Gasteiger partial charge in [-0.1, -0.05) is 25.0 Å². The molecule has 4 aliphatic carbocycles. The molecule has 3 saturated carbocycles. The van der Waals surface area contributed by atoms with E-state index in [-0.39, 0.29) is 22.2 Å². The minimum absolute atomic E-state index is 0.0259. The van der Waals surface area contributed by atoms with Crippen LogP contribution in [0.1, 0.15) is 72.1 Å². The minimum Gasteiger partial charge on any atom is -0.469 e. The topological polar surface area (TPSA) is 46.5 Å². The summed E-state index contributed by atoms with van der Waals surface area (Å²) in [6, 6.07) is 0. The van der Waals surface area contributed by atoms with E-state index in [0.29, 0.717) is 11.8 Å². The highest BCUT2D eigenvalue weighted by atomic mass is 16.5. The van der Waals surface area contributed by atoms with E-state index >= 15 is 0 Å². The number of esters is 1. The smallest absolute Gasteiger partial charge is 0.311 e. The Morgan fingerprint density at radius 2 is 2.00 bits per heavy atom. The van der Waals surface area contributed by atoms with Gasteiger partial charge in [-0.15, -0.1) is 0 Å². The first kappa shape index (κ1) is 16.6. The standard InChI is InChI=1S/C21H32O3/c1-18-9-5-10-19(2,17(22)24-4)15(18)8-11-21-12-14(6-7-16(18)21)20(3,23)13-21/h7,14-15,23H,5-6,8-13H2,1-4H3/t14-,15+,18-,19-,20-,21+/m1/s1. The van der Waals surface area contributed by atoms with Crippen LogP contribution in [0.25, 0.3) is 0 Å². The molecule has 0 aliphatic heterocycles. The summed E-state index contributed by atoms with van der Waals surface area (Å²) in [6.07, 6.45) is 10.9. The third-order valence-corrected chi connectivity index (χ3v) is 8.50. The van der Waals surface area contributed by atoms with Crippen molar-refractivity contribution in [1.82, 2.24) is 0 Å². The van der Waals surface area contributed by atoms with E-state index in [9.17, 15) is 9.90 Å². The first-order valence-corrected chi connectivity index (χ1v) is 9.70. The molecule has 0 radical (unpaired) electrons. The fourth-order valence-corrected chi connectivity index (χ4v) is 7.51. The van der Waals surface area contributed by atoms with Crippen molar-refractivity contribution in [2.24, 2.45) is 28.1 Å². The van der Waals surface area contributed by atoms with Crippen LogP contribution in [0.2, 0.25) is 0 Å². The molecule has 0 amide bonds. The van der Waals surface area contributed by atoms with Crippen LogP contribution in [0.5, 0.6) is 0 Å². The lowest BCUT2D eigenvalue weighted by Crippen LogP contribution is -2.54. The molecule has 0 aromatic carbocycles. The Morgan fingerprint density at radius 1 is 1.25 bits per heavy atom. The van der Waals surface area contributed by atoms with E-state index in [1.54, 1.807) is 5.57 Å². The number of hydrogen-bond acceptors (Lipinski definition) is 3. The highest BCUT2D eigenvalue weighted by Gasteiger charge is 2.65. The average molecular weight is 332 g/mol. The SMILES string of the molecule is COC(=O)[C@]1(C)CCC[C@@]2(C)C3=CC[C@@H]4C[C@@]3(CC[C@H]12)C[C@@]4(C)O. The lowest BCUT2D eigenvalue weighted by molar-refractivity contribution is -0.165. The van der Waals surface area contributed by atoms with Gasteiger partial charge >= 0.3 is 5.97 Å². The lowest BCUT2D eigenvalue weighted by Gasteiger charge is -2.60. The monoisotopic (exact) mass is 332 g/mol. The summed E-state index contributed by atoms with van der Waals surface area (Å²) < 4.78 is 5.22. The quantitative estimate of drug-likeness (QED) is 0.577. The van der Waals surface area contributed by atoms with Gasteiger partial charge in [0.2, 0.25) is 0 Å². The molecule has 1 N–H and O–H groups in total. The van der Waals surface area contributed by atoms with Crippen LogP contribution in [-0.4, -0.2) is 23.8 Å². The van der Waals surface area contributed by atoms with E-state index in [1.165, 1.54) is 13.5 Å². The molecule has 3 nitrogen and oxygen atoms in total. The first-order chi connectivity index (χ1) is 11.2. The van der Waals surface area contributed by atoms with Crippen molar-refractivity contribution in [2.75, 3.05) is 7.11 Å². The second kappa shape index (κ2) is 4.87. The van der Waals surface area contributed by atoms with E-state index in [2.05, 4.69) is 19.9 Å². The number of allylic oxidation sites excluding steroid dienone is 2. The van der Waals surface area contributed by atoms with Crippen molar-refractivity contribution in [3.05, 3.63) is 11.6 Å². The van der Waals surface area contributed by atoms with Crippen molar-refractivity contribution in [3.63, 3.8) is 0 Å². The van der Waals surface area contributed by atoms with Crippen molar-refractivity contribution in [2.45, 2.75) is 77.7 Å². The number of hydrogen-bond donors (Lipinski definition) is 1. The van der Waals surface area contributed by atoms with Crippen molar-refractivity contribution in [3.8, 4) is 0 Å². The van der Waals surface area contributed by atoms with Gasteiger partial charge in [0.15, 0.2) is 0 Å². The molecule has 0 aromatic rings. The minimum atomic E-state index is -0.526. The average Bonchev–Trinajstić information content (AvgIpc) is 2.70. The zero-order valence-electron chi connectivity index (χ0n) is 15.7. The highest BCUT2D eigenvalue weighted by Crippen LogP contribution is 2.71. The van der Waals surface area contributed by atoms with E-state index in [4.69, 9.17) is 4.74 Å². The summed E-state index contributed by atoms with van der Waals surface area (Å²) in [5.41, 5.74) is 0.968. The lowest BCUT2D eigenvalue weighted by atomic mass is 9.44. The molecule has 24 heavy (non-hydrogen) atoms. The number of carbonyl (C=O) groups excluding carboxylic acids is 1. The highest BCUT2D eigenvalue weighted by molar-refractivity contribution is 5.77. The van der Waals surface area contributed by atoms with Crippen LogP contribution in [0.3, 0.4) is 0 Å². The molecule has 134 valence electrons. The Bertz CT molecular complexity index is 606. The summed E-state index contributed by atoms with van der Waals surface area (Å²) in [6.45, 7) is 6.57. The largest absolute Gasteiger partial charge is 0.469 e.